The fourth-order valence-corrected chi connectivity index (χ4v) is 2.36. The van der Waals surface area contributed by atoms with E-state index in [1.54, 1.807) is 6.07 Å². The Labute approximate surface area is 116 Å². The number of nitrogens with zero attached hydrogens (tertiary/aromatic N) is 1. The van der Waals surface area contributed by atoms with Crippen molar-refractivity contribution in [2.45, 2.75) is 12.5 Å². The van der Waals surface area contributed by atoms with E-state index in [-0.39, 0.29) is 5.69 Å². The van der Waals surface area contributed by atoms with Gasteiger partial charge in [0.15, 0.2) is 0 Å². The molecule has 7 heteroatoms. The van der Waals surface area contributed by atoms with Gasteiger partial charge in [0, 0.05) is 10.1 Å². The van der Waals surface area contributed by atoms with Crippen LogP contribution in [0.4, 0.5) is 14.9 Å². The van der Waals surface area contributed by atoms with Crippen LogP contribution >= 0.6 is 22.6 Å². The summed E-state index contributed by atoms with van der Waals surface area (Å²) >= 11 is 1.98. The Bertz CT molecular complexity index is 509. The van der Waals surface area contributed by atoms with Gasteiger partial charge in [0.05, 0.1) is 5.69 Å². The summed E-state index contributed by atoms with van der Waals surface area (Å²) in [7, 11) is 0. The molecule has 0 radical (unpaired) electrons. The van der Waals surface area contributed by atoms with Crippen molar-refractivity contribution in [2.24, 2.45) is 0 Å². The average molecular weight is 364 g/mol. The minimum absolute atomic E-state index is 0.190. The first-order valence-corrected chi connectivity index (χ1v) is 6.33. The largest absolute Gasteiger partial charge is 0.465 e. The molecule has 1 aliphatic rings. The van der Waals surface area contributed by atoms with Gasteiger partial charge < -0.3 is 15.3 Å². The second-order valence-electron chi connectivity index (χ2n) is 3.88. The van der Waals surface area contributed by atoms with E-state index in [4.69, 9.17) is 5.11 Å². The van der Waals surface area contributed by atoms with E-state index in [0.29, 0.717) is 13.0 Å². The first kappa shape index (κ1) is 13.1. The van der Waals surface area contributed by atoms with Gasteiger partial charge >= 0.3 is 6.09 Å². The molecule has 2 N–H and O–H groups in total. The van der Waals surface area contributed by atoms with Crippen LogP contribution in [0.25, 0.3) is 0 Å². The maximum Gasteiger partial charge on any atom is 0.405 e. The first-order valence-electron chi connectivity index (χ1n) is 5.25. The van der Waals surface area contributed by atoms with E-state index in [9.17, 15) is 14.0 Å². The summed E-state index contributed by atoms with van der Waals surface area (Å²) in [5.41, 5.74) is 0.190. The molecule has 0 spiro atoms. The summed E-state index contributed by atoms with van der Waals surface area (Å²) in [6.45, 7) is 0.307. The van der Waals surface area contributed by atoms with Crippen molar-refractivity contribution in [3.63, 3.8) is 0 Å². The summed E-state index contributed by atoms with van der Waals surface area (Å²) in [6.07, 6.45) is -0.908. The van der Waals surface area contributed by atoms with Crippen LogP contribution in [0.1, 0.15) is 6.42 Å². The highest BCUT2D eigenvalue weighted by molar-refractivity contribution is 14.1. The fraction of sp³-hybridized carbons (Fsp3) is 0.273. The first-order chi connectivity index (χ1) is 8.49. The molecule has 0 saturated carbocycles. The Hall–Kier alpha value is -1.38. The van der Waals surface area contributed by atoms with Gasteiger partial charge in [-0.05, 0) is 47.2 Å². The van der Waals surface area contributed by atoms with E-state index < -0.39 is 23.9 Å². The lowest BCUT2D eigenvalue weighted by Crippen LogP contribution is -2.41. The molecule has 0 bridgehead atoms. The quantitative estimate of drug-likeness (QED) is 0.787. The predicted molar refractivity (Wildman–Crippen MR) is 71.0 cm³/mol. The van der Waals surface area contributed by atoms with Crippen LogP contribution in [-0.4, -0.2) is 29.7 Å². The number of carboxylic acid groups (broad SMARTS) is 1. The topological polar surface area (TPSA) is 69.6 Å². The Morgan fingerprint density at radius 3 is 2.89 bits per heavy atom. The second kappa shape index (κ2) is 5.09. The number of carbonyl (C=O) groups is 2. The van der Waals surface area contributed by atoms with Crippen LogP contribution in [-0.2, 0) is 4.79 Å². The molecule has 1 aliphatic heterocycles. The summed E-state index contributed by atoms with van der Waals surface area (Å²) in [6, 6.07) is 3.77. The highest BCUT2D eigenvalue weighted by atomic mass is 127. The van der Waals surface area contributed by atoms with Gasteiger partial charge in [0.1, 0.15) is 11.9 Å². The summed E-state index contributed by atoms with van der Waals surface area (Å²) in [4.78, 5) is 23.7. The van der Waals surface area contributed by atoms with E-state index >= 15 is 0 Å². The van der Waals surface area contributed by atoms with Crippen molar-refractivity contribution in [3.8, 4) is 0 Å². The van der Waals surface area contributed by atoms with Gasteiger partial charge in [0.2, 0.25) is 5.91 Å². The average Bonchev–Trinajstić information content (AvgIpc) is 2.60. The molecule has 2 rings (SSSR count). The van der Waals surface area contributed by atoms with Crippen molar-refractivity contribution in [2.75, 3.05) is 11.4 Å². The predicted octanol–water partition coefficient (Wildman–Crippen LogP) is 1.80. The smallest absolute Gasteiger partial charge is 0.405 e. The van der Waals surface area contributed by atoms with Gasteiger partial charge in [-0.2, -0.15) is 0 Å². The van der Waals surface area contributed by atoms with Crippen molar-refractivity contribution in [3.05, 3.63) is 27.6 Å². The molecular formula is C11H10FIN2O3. The number of amides is 2. The number of hydrogen-bond donors (Lipinski definition) is 2. The maximum atomic E-state index is 13.7. The SMILES string of the molecule is O=C(O)N[C@H]1CCN(c2ccc(I)cc2F)C1=O. The van der Waals surface area contributed by atoms with Gasteiger partial charge in [-0.3, -0.25) is 4.79 Å². The van der Waals surface area contributed by atoms with Crippen molar-refractivity contribution >= 4 is 40.3 Å². The molecule has 1 atom stereocenters. The van der Waals surface area contributed by atoms with E-state index in [2.05, 4.69) is 5.32 Å². The third-order valence-corrected chi connectivity index (χ3v) is 3.37. The number of carbonyl (C=O) groups excluding carboxylic acids is 1. The Morgan fingerprint density at radius 2 is 2.28 bits per heavy atom. The molecule has 0 unspecified atom stereocenters. The lowest BCUT2D eigenvalue weighted by atomic mass is 10.2. The number of benzene rings is 1. The Balaban J connectivity index is 2.20. The molecule has 1 heterocycles. The van der Waals surface area contributed by atoms with Crippen LogP contribution in [0.5, 0.6) is 0 Å². The number of halogens is 2. The molecular weight excluding hydrogens is 354 g/mol. The summed E-state index contributed by atoms with van der Waals surface area (Å²) in [5.74, 6) is -0.899. The van der Waals surface area contributed by atoms with Gasteiger partial charge in [-0.1, -0.05) is 0 Å². The van der Waals surface area contributed by atoms with Crippen LogP contribution in [0.2, 0.25) is 0 Å². The zero-order chi connectivity index (χ0) is 13.3. The molecule has 1 saturated heterocycles. The minimum atomic E-state index is -1.25. The number of nitrogens with one attached hydrogen (secondary N) is 1. The van der Waals surface area contributed by atoms with Crippen LogP contribution in [0.15, 0.2) is 18.2 Å². The summed E-state index contributed by atoms with van der Waals surface area (Å²) < 4.78 is 14.5. The van der Waals surface area contributed by atoms with Gasteiger partial charge in [-0.25, -0.2) is 9.18 Å². The standard InChI is InChI=1S/C11H10FIN2O3/c12-7-5-6(13)1-2-9(7)15-4-3-8(10(15)16)14-11(17)18/h1-2,5,8,14H,3-4H2,(H,17,18)/t8-/m0/s1. The lowest BCUT2D eigenvalue weighted by Gasteiger charge is -2.17. The van der Waals surface area contributed by atoms with Crippen LogP contribution < -0.4 is 10.2 Å². The van der Waals surface area contributed by atoms with Gasteiger partial charge in [0.25, 0.3) is 0 Å². The van der Waals surface area contributed by atoms with Crippen LogP contribution in [0, 0.1) is 9.39 Å². The Morgan fingerprint density at radius 1 is 1.56 bits per heavy atom. The third-order valence-electron chi connectivity index (χ3n) is 2.70. The third kappa shape index (κ3) is 2.55. The molecule has 5 nitrogen and oxygen atoms in total. The zero-order valence-electron chi connectivity index (χ0n) is 9.19. The highest BCUT2D eigenvalue weighted by Gasteiger charge is 2.34. The molecule has 18 heavy (non-hydrogen) atoms. The molecule has 0 aromatic heterocycles. The molecule has 2 amide bonds. The molecule has 0 aliphatic carbocycles. The van der Waals surface area contributed by atoms with Gasteiger partial charge in [-0.15, -0.1) is 0 Å². The molecule has 1 fully saturated rings. The maximum absolute atomic E-state index is 13.7. The van der Waals surface area contributed by atoms with Crippen molar-refractivity contribution < 1.29 is 19.1 Å². The van der Waals surface area contributed by atoms with E-state index in [1.165, 1.54) is 17.0 Å². The number of rotatable bonds is 2. The monoisotopic (exact) mass is 364 g/mol. The highest BCUT2D eigenvalue weighted by Crippen LogP contribution is 2.25. The minimum Gasteiger partial charge on any atom is -0.465 e. The fourth-order valence-electron chi connectivity index (χ4n) is 1.90. The number of anilines is 1. The van der Waals surface area contributed by atoms with E-state index in [0.717, 1.165) is 3.57 Å². The second-order valence-corrected chi connectivity index (χ2v) is 5.12. The number of hydrogen-bond acceptors (Lipinski definition) is 2. The Kier molecular flexibility index (Phi) is 3.69. The lowest BCUT2D eigenvalue weighted by molar-refractivity contribution is -0.118. The molecule has 96 valence electrons. The van der Waals surface area contributed by atoms with E-state index in [1.807, 2.05) is 22.6 Å². The molecule has 1 aromatic rings. The zero-order valence-corrected chi connectivity index (χ0v) is 11.3. The van der Waals surface area contributed by atoms with Crippen molar-refractivity contribution in [1.82, 2.24) is 5.32 Å². The van der Waals surface area contributed by atoms with Crippen molar-refractivity contribution in [1.29, 1.82) is 0 Å². The van der Waals surface area contributed by atoms with Crippen LogP contribution in [0.3, 0.4) is 0 Å². The molecule has 1 aromatic carbocycles. The summed E-state index contributed by atoms with van der Waals surface area (Å²) in [5, 5.41) is 10.7. The normalized spacial score (nSPS) is 19.1.